The van der Waals surface area contributed by atoms with Gasteiger partial charge in [-0.2, -0.15) is 18.2 Å². The number of nitrogens with zero attached hydrogens (tertiary/aromatic N) is 2. The number of oxazole rings is 1. The summed E-state index contributed by atoms with van der Waals surface area (Å²) in [7, 11) is 1.34. The van der Waals surface area contributed by atoms with Crippen LogP contribution in [0.3, 0.4) is 0 Å². The third kappa shape index (κ3) is 3.44. The van der Waals surface area contributed by atoms with Gasteiger partial charge in [0.15, 0.2) is 5.69 Å². The van der Waals surface area contributed by atoms with Crippen LogP contribution in [0.2, 0.25) is 0 Å². The van der Waals surface area contributed by atoms with Gasteiger partial charge in [0.05, 0.1) is 6.42 Å². The molecule has 0 amide bonds. The highest BCUT2D eigenvalue weighted by atomic mass is 19.4. The standard InChI is InChI=1S/C8H9F3N2O3/c1-13(3-2-8(9,10)11)7-12-5(4-16-7)6(14)15/h4H,2-3H2,1H3,(H,14,15). The number of hydrogen-bond donors (Lipinski definition) is 1. The Balaban J connectivity index is 2.59. The van der Waals surface area contributed by atoms with Crippen molar-refractivity contribution in [3.63, 3.8) is 0 Å². The lowest BCUT2D eigenvalue weighted by Gasteiger charge is -2.15. The van der Waals surface area contributed by atoms with Crippen LogP contribution in [0.25, 0.3) is 0 Å². The predicted molar refractivity (Wildman–Crippen MR) is 47.4 cm³/mol. The lowest BCUT2D eigenvalue weighted by atomic mass is 10.4. The molecule has 1 N–H and O–H groups in total. The summed E-state index contributed by atoms with van der Waals surface area (Å²) in [5, 5.41) is 8.52. The normalized spacial score (nSPS) is 11.5. The van der Waals surface area contributed by atoms with Crippen LogP contribution in [0, 0.1) is 0 Å². The van der Waals surface area contributed by atoms with Crippen molar-refractivity contribution in [2.45, 2.75) is 12.6 Å². The van der Waals surface area contributed by atoms with Crippen LogP contribution in [0.1, 0.15) is 16.9 Å². The van der Waals surface area contributed by atoms with Gasteiger partial charge in [0, 0.05) is 13.6 Å². The van der Waals surface area contributed by atoms with Gasteiger partial charge in [-0.3, -0.25) is 0 Å². The van der Waals surface area contributed by atoms with E-state index in [2.05, 4.69) is 4.98 Å². The molecule has 1 aromatic rings. The molecule has 1 aromatic heterocycles. The lowest BCUT2D eigenvalue weighted by Crippen LogP contribution is -2.24. The SMILES string of the molecule is CN(CCC(F)(F)F)c1nc(C(=O)O)co1. The number of carboxylic acid groups (broad SMARTS) is 1. The molecule has 0 atom stereocenters. The highest BCUT2D eigenvalue weighted by Gasteiger charge is 2.28. The molecular formula is C8H9F3N2O3. The van der Waals surface area contributed by atoms with Gasteiger partial charge < -0.3 is 14.4 Å². The maximum absolute atomic E-state index is 11.9. The summed E-state index contributed by atoms with van der Waals surface area (Å²) in [6, 6.07) is -0.151. The lowest BCUT2D eigenvalue weighted by molar-refractivity contribution is -0.132. The quantitative estimate of drug-likeness (QED) is 0.865. The first-order chi connectivity index (χ1) is 7.29. The zero-order valence-corrected chi connectivity index (χ0v) is 8.28. The van der Waals surface area contributed by atoms with Gasteiger partial charge in [-0.1, -0.05) is 0 Å². The first-order valence-electron chi connectivity index (χ1n) is 4.26. The minimum Gasteiger partial charge on any atom is -0.476 e. The number of hydrogen-bond acceptors (Lipinski definition) is 4. The number of rotatable bonds is 4. The highest BCUT2D eigenvalue weighted by molar-refractivity contribution is 5.85. The average Bonchev–Trinajstić information content (AvgIpc) is 2.61. The smallest absolute Gasteiger partial charge is 0.390 e. The summed E-state index contributed by atoms with van der Waals surface area (Å²) < 4.78 is 40.4. The minimum atomic E-state index is -4.27. The summed E-state index contributed by atoms with van der Waals surface area (Å²) in [5.41, 5.74) is -0.339. The van der Waals surface area contributed by atoms with Gasteiger partial charge in [0.25, 0.3) is 6.01 Å². The molecule has 0 aliphatic heterocycles. The van der Waals surface area contributed by atoms with Crippen LogP contribution in [-0.4, -0.2) is 35.8 Å². The highest BCUT2D eigenvalue weighted by Crippen LogP contribution is 2.21. The Morgan fingerprint density at radius 3 is 2.69 bits per heavy atom. The van der Waals surface area contributed by atoms with Crippen molar-refractivity contribution in [2.75, 3.05) is 18.5 Å². The fourth-order valence-electron chi connectivity index (χ4n) is 0.928. The maximum atomic E-state index is 11.9. The summed E-state index contributed by atoms with van der Waals surface area (Å²) in [6.45, 7) is -0.344. The third-order valence-corrected chi connectivity index (χ3v) is 1.77. The Bertz CT molecular complexity index is 375. The van der Waals surface area contributed by atoms with E-state index in [9.17, 15) is 18.0 Å². The van der Waals surface area contributed by atoms with Crippen molar-refractivity contribution in [3.05, 3.63) is 12.0 Å². The van der Waals surface area contributed by atoms with Crippen molar-refractivity contribution in [1.82, 2.24) is 4.98 Å². The van der Waals surface area contributed by atoms with E-state index in [0.29, 0.717) is 0 Å². The molecule has 1 heterocycles. The van der Waals surface area contributed by atoms with E-state index in [0.717, 1.165) is 11.2 Å². The maximum Gasteiger partial charge on any atom is 0.390 e. The zero-order valence-electron chi connectivity index (χ0n) is 8.28. The van der Waals surface area contributed by atoms with E-state index >= 15 is 0 Å². The largest absolute Gasteiger partial charge is 0.476 e. The molecule has 0 aliphatic rings. The van der Waals surface area contributed by atoms with Gasteiger partial charge in [-0.05, 0) is 0 Å². The van der Waals surface area contributed by atoms with Crippen LogP contribution < -0.4 is 4.90 Å². The second-order valence-corrected chi connectivity index (χ2v) is 3.11. The fourth-order valence-corrected chi connectivity index (χ4v) is 0.928. The molecule has 0 unspecified atom stereocenters. The number of alkyl halides is 3. The summed E-state index contributed by atoms with van der Waals surface area (Å²) >= 11 is 0. The third-order valence-electron chi connectivity index (χ3n) is 1.77. The van der Waals surface area contributed by atoms with Crippen LogP contribution in [0.15, 0.2) is 10.7 Å². The number of carbonyl (C=O) groups is 1. The zero-order chi connectivity index (χ0) is 12.3. The second-order valence-electron chi connectivity index (χ2n) is 3.11. The average molecular weight is 238 g/mol. The molecular weight excluding hydrogens is 229 g/mol. The Hall–Kier alpha value is -1.73. The Kier molecular flexibility index (Phi) is 3.41. The number of aromatic nitrogens is 1. The number of carboxylic acids is 1. The topological polar surface area (TPSA) is 66.6 Å². The van der Waals surface area contributed by atoms with E-state index in [-0.39, 0.29) is 18.3 Å². The van der Waals surface area contributed by atoms with E-state index in [1.54, 1.807) is 0 Å². The summed E-state index contributed by atoms with van der Waals surface area (Å²) in [4.78, 5) is 15.0. The first-order valence-corrected chi connectivity index (χ1v) is 4.26. The van der Waals surface area contributed by atoms with Crippen molar-refractivity contribution in [2.24, 2.45) is 0 Å². The second kappa shape index (κ2) is 4.42. The van der Waals surface area contributed by atoms with Crippen LogP contribution in [0.4, 0.5) is 19.2 Å². The van der Waals surface area contributed by atoms with Gasteiger partial charge in [0.2, 0.25) is 0 Å². The van der Waals surface area contributed by atoms with Crippen LogP contribution in [0.5, 0.6) is 0 Å². The molecule has 1 rings (SSSR count). The molecule has 0 bridgehead atoms. The molecule has 0 radical (unpaired) electrons. The molecule has 16 heavy (non-hydrogen) atoms. The van der Waals surface area contributed by atoms with Crippen molar-refractivity contribution >= 4 is 12.0 Å². The fraction of sp³-hybridized carbons (Fsp3) is 0.500. The van der Waals surface area contributed by atoms with Crippen LogP contribution in [-0.2, 0) is 0 Å². The minimum absolute atomic E-state index is 0.151. The molecule has 8 heteroatoms. The predicted octanol–water partition coefficient (Wildman–Crippen LogP) is 1.76. The van der Waals surface area contributed by atoms with E-state index in [1.807, 2.05) is 0 Å². The molecule has 0 saturated carbocycles. The van der Waals surface area contributed by atoms with Crippen LogP contribution >= 0.6 is 0 Å². The van der Waals surface area contributed by atoms with Crippen molar-refractivity contribution in [3.8, 4) is 0 Å². The molecule has 0 aliphatic carbocycles. The monoisotopic (exact) mass is 238 g/mol. The van der Waals surface area contributed by atoms with E-state index in [1.165, 1.54) is 7.05 Å². The first kappa shape index (κ1) is 12.3. The molecule has 0 fully saturated rings. The molecule has 0 spiro atoms. The van der Waals surface area contributed by atoms with Gasteiger partial charge in [-0.25, -0.2) is 4.79 Å². The number of anilines is 1. The van der Waals surface area contributed by atoms with Gasteiger partial charge in [0.1, 0.15) is 6.26 Å². The van der Waals surface area contributed by atoms with Crippen molar-refractivity contribution in [1.29, 1.82) is 0 Å². The molecule has 5 nitrogen and oxygen atoms in total. The van der Waals surface area contributed by atoms with Gasteiger partial charge in [-0.15, -0.1) is 0 Å². The molecule has 0 saturated heterocycles. The summed E-state index contributed by atoms with van der Waals surface area (Å²) in [6.07, 6.45) is -4.41. The summed E-state index contributed by atoms with van der Waals surface area (Å²) in [5.74, 6) is -1.29. The molecule has 90 valence electrons. The number of aromatic carboxylic acids is 1. The number of halogens is 3. The van der Waals surface area contributed by atoms with Gasteiger partial charge >= 0.3 is 12.1 Å². The Morgan fingerprint density at radius 2 is 2.25 bits per heavy atom. The van der Waals surface area contributed by atoms with E-state index in [4.69, 9.17) is 9.52 Å². The Morgan fingerprint density at radius 1 is 1.62 bits per heavy atom. The van der Waals surface area contributed by atoms with Crippen molar-refractivity contribution < 1.29 is 27.5 Å². The molecule has 0 aromatic carbocycles. The van der Waals surface area contributed by atoms with E-state index < -0.39 is 18.6 Å². The Labute approximate surface area is 88.5 Å².